The summed E-state index contributed by atoms with van der Waals surface area (Å²) in [5, 5.41) is 3.69. The third kappa shape index (κ3) is 5.03. The zero-order chi connectivity index (χ0) is 21.8. The van der Waals surface area contributed by atoms with Crippen LogP contribution in [0.25, 0.3) is 11.0 Å². The Morgan fingerprint density at radius 2 is 1.81 bits per heavy atom. The second-order valence-electron chi connectivity index (χ2n) is 7.09. The standard InChI is InChI=1S/C23H19Cl2FN4O/c24-17-12-20-21(13-18(17)25)30(22(29-20)11-16-3-1-2-4-19(16)26)10-7-23(31)28-14-15-5-8-27-9-6-15/h1-6,8-9,12-13H,7,10-11,14H2,(H,28,31). The molecular weight excluding hydrogens is 438 g/mol. The van der Waals surface area contributed by atoms with E-state index in [1.807, 2.05) is 16.7 Å². The summed E-state index contributed by atoms with van der Waals surface area (Å²) in [5.74, 6) is 0.239. The van der Waals surface area contributed by atoms with Crippen LogP contribution in [-0.2, 0) is 24.3 Å². The first-order chi connectivity index (χ1) is 15.0. The van der Waals surface area contributed by atoms with Crippen LogP contribution in [0.5, 0.6) is 0 Å². The minimum Gasteiger partial charge on any atom is -0.352 e. The highest BCUT2D eigenvalue weighted by molar-refractivity contribution is 6.42. The van der Waals surface area contributed by atoms with Crippen molar-refractivity contribution in [3.05, 3.63) is 93.7 Å². The average molecular weight is 457 g/mol. The van der Waals surface area contributed by atoms with E-state index >= 15 is 0 Å². The number of hydrogen-bond acceptors (Lipinski definition) is 3. The van der Waals surface area contributed by atoms with Crippen molar-refractivity contribution in [2.75, 3.05) is 0 Å². The number of nitrogens with zero attached hydrogens (tertiary/aromatic N) is 3. The maximum atomic E-state index is 14.2. The predicted octanol–water partition coefficient (Wildman–Crippen LogP) is 5.17. The Morgan fingerprint density at radius 3 is 2.58 bits per heavy atom. The molecule has 2 heterocycles. The van der Waals surface area contributed by atoms with Crippen molar-refractivity contribution in [2.24, 2.45) is 0 Å². The fraction of sp³-hybridized carbons (Fsp3) is 0.174. The van der Waals surface area contributed by atoms with E-state index in [2.05, 4.69) is 15.3 Å². The molecule has 4 rings (SSSR count). The van der Waals surface area contributed by atoms with Crippen LogP contribution in [0, 0.1) is 5.82 Å². The number of halogens is 3. The molecule has 0 aliphatic carbocycles. The van der Waals surface area contributed by atoms with Gasteiger partial charge in [0, 0.05) is 38.3 Å². The Hall–Kier alpha value is -2.96. The lowest BCUT2D eigenvalue weighted by Crippen LogP contribution is -2.24. The Kier molecular flexibility index (Phi) is 6.49. The monoisotopic (exact) mass is 456 g/mol. The van der Waals surface area contributed by atoms with Crippen molar-refractivity contribution in [3.8, 4) is 0 Å². The maximum Gasteiger partial charge on any atom is 0.222 e. The highest BCUT2D eigenvalue weighted by Crippen LogP contribution is 2.29. The van der Waals surface area contributed by atoms with E-state index in [0.717, 1.165) is 11.1 Å². The van der Waals surface area contributed by atoms with E-state index in [1.54, 1.807) is 42.7 Å². The first-order valence-electron chi connectivity index (χ1n) is 9.74. The van der Waals surface area contributed by atoms with Gasteiger partial charge in [0.1, 0.15) is 11.6 Å². The summed E-state index contributed by atoms with van der Waals surface area (Å²) >= 11 is 12.4. The van der Waals surface area contributed by atoms with Crippen LogP contribution >= 0.6 is 23.2 Å². The Balaban J connectivity index is 1.56. The molecule has 2 aromatic carbocycles. The molecule has 0 aliphatic heterocycles. The summed E-state index contributed by atoms with van der Waals surface area (Å²) in [7, 11) is 0. The van der Waals surface area contributed by atoms with Gasteiger partial charge in [-0.2, -0.15) is 0 Å². The number of nitrogens with one attached hydrogen (secondary N) is 1. The van der Waals surface area contributed by atoms with Crippen molar-refractivity contribution in [1.82, 2.24) is 19.9 Å². The minimum atomic E-state index is -0.299. The van der Waals surface area contributed by atoms with Crippen LogP contribution in [0.4, 0.5) is 4.39 Å². The number of rotatable bonds is 7. The van der Waals surface area contributed by atoms with Gasteiger partial charge in [-0.15, -0.1) is 0 Å². The molecule has 0 atom stereocenters. The first-order valence-corrected chi connectivity index (χ1v) is 10.5. The fourth-order valence-corrected chi connectivity index (χ4v) is 3.69. The van der Waals surface area contributed by atoms with E-state index in [9.17, 15) is 9.18 Å². The zero-order valence-electron chi connectivity index (χ0n) is 16.5. The smallest absolute Gasteiger partial charge is 0.222 e. The van der Waals surface area contributed by atoms with Gasteiger partial charge in [-0.3, -0.25) is 9.78 Å². The number of hydrogen-bond donors (Lipinski definition) is 1. The molecule has 0 saturated carbocycles. The Morgan fingerprint density at radius 1 is 1.06 bits per heavy atom. The van der Waals surface area contributed by atoms with E-state index in [-0.39, 0.29) is 24.6 Å². The number of benzene rings is 2. The summed E-state index contributed by atoms with van der Waals surface area (Å²) in [5.41, 5.74) is 2.90. The van der Waals surface area contributed by atoms with E-state index < -0.39 is 0 Å². The molecule has 0 radical (unpaired) electrons. The van der Waals surface area contributed by atoms with Gasteiger partial charge >= 0.3 is 0 Å². The number of carbonyl (C=O) groups excluding carboxylic acids is 1. The predicted molar refractivity (Wildman–Crippen MR) is 120 cm³/mol. The van der Waals surface area contributed by atoms with E-state index in [1.165, 1.54) is 6.07 Å². The normalized spacial score (nSPS) is 11.1. The largest absolute Gasteiger partial charge is 0.352 e. The molecule has 31 heavy (non-hydrogen) atoms. The summed E-state index contributed by atoms with van der Waals surface area (Å²) < 4.78 is 16.1. The minimum absolute atomic E-state index is 0.101. The molecule has 8 heteroatoms. The van der Waals surface area contributed by atoms with Crippen molar-refractivity contribution >= 4 is 40.1 Å². The first kappa shape index (κ1) is 21.3. The van der Waals surface area contributed by atoms with Crippen molar-refractivity contribution < 1.29 is 9.18 Å². The van der Waals surface area contributed by atoms with Gasteiger partial charge in [0.2, 0.25) is 5.91 Å². The Labute approximate surface area is 188 Å². The number of imidazole rings is 1. The van der Waals surface area contributed by atoms with Gasteiger partial charge in [-0.05, 0) is 41.5 Å². The zero-order valence-corrected chi connectivity index (χ0v) is 18.0. The summed E-state index contributed by atoms with van der Waals surface area (Å²) in [6, 6.07) is 13.7. The number of aromatic nitrogens is 3. The second-order valence-corrected chi connectivity index (χ2v) is 7.90. The molecule has 0 saturated heterocycles. The maximum absolute atomic E-state index is 14.2. The van der Waals surface area contributed by atoms with Gasteiger partial charge < -0.3 is 9.88 Å². The highest BCUT2D eigenvalue weighted by atomic mass is 35.5. The lowest BCUT2D eigenvalue weighted by Gasteiger charge is -2.11. The fourth-order valence-electron chi connectivity index (χ4n) is 3.37. The van der Waals surface area contributed by atoms with Crippen LogP contribution in [0.15, 0.2) is 60.9 Å². The van der Waals surface area contributed by atoms with Gasteiger partial charge in [-0.1, -0.05) is 41.4 Å². The van der Waals surface area contributed by atoms with Crippen LogP contribution in [0.2, 0.25) is 10.0 Å². The number of pyridine rings is 1. The molecule has 1 amide bonds. The van der Waals surface area contributed by atoms with Crippen LogP contribution in [0.1, 0.15) is 23.4 Å². The quantitative estimate of drug-likeness (QED) is 0.416. The van der Waals surface area contributed by atoms with Crippen molar-refractivity contribution in [3.63, 3.8) is 0 Å². The Bertz CT molecular complexity index is 1230. The van der Waals surface area contributed by atoms with Crippen LogP contribution < -0.4 is 5.32 Å². The lowest BCUT2D eigenvalue weighted by molar-refractivity contribution is -0.121. The third-order valence-electron chi connectivity index (χ3n) is 4.98. The van der Waals surface area contributed by atoms with Crippen LogP contribution in [-0.4, -0.2) is 20.4 Å². The molecular formula is C23H19Cl2FN4O. The molecule has 158 valence electrons. The molecule has 0 spiro atoms. The number of amides is 1. The van der Waals surface area contributed by atoms with Gasteiger partial charge in [-0.25, -0.2) is 9.37 Å². The molecule has 4 aromatic rings. The van der Waals surface area contributed by atoms with Crippen molar-refractivity contribution in [1.29, 1.82) is 0 Å². The van der Waals surface area contributed by atoms with Gasteiger partial charge in [0.25, 0.3) is 0 Å². The third-order valence-corrected chi connectivity index (χ3v) is 5.70. The SMILES string of the molecule is O=C(CCn1c(Cc2ccccc2F)nc2cc(Cl)c(Cl)cc21)NCc1ccncc1. The topological polar surface area (TPSA) is 59.8 Å². The molecule has 0 aliphatic rings. The average Bonchev–Trinajstić information content (AvgIpc) is 3.09. The number of carbonyl (C=O) groups is 1. The summed E-state index contributed by atoms with van der Waals surface area (Å²) in [6.45, 7) is 0.802. The van der Waals surface area contributed by atoms with E-state index in [0.29, 0.717) is 40.0 Å². The van der Waals surface area contributed by atoms with Gasteiger partial charge in [0.05, 0.1) is 21.1 Å². The molecule has 0 unspecified atom stereocenters. The number of fused-ring (bicyclic) bond motifs is 1. The highest BCUT2D eigenvalue weighted by Gasteiger charge is 2.16. The lowest BCUT2D eigenvalue weighted by atomic mass is 10.1. The molecule has 2 aromatic heterocycles. The van der Waals surface area contributed by atoms with E-state index in [4.69, 9.17) is 23.2 Å². The second kappa shape index (κ2) is 9.45. The molecule has 5 nitrogen and oxygen atoms in total. The number of aryl methyl sites for hydroxylation is 1. The molecule has 0 fully saturated rings. The van der Waals surface area contributed by atoms with Gasteiger partial charge in [0.15, 0.2) is 0 Å². The van der Waals surface area contributed by atoms with Crippen LogP contribution in [0.3, 0.4) is 0 Å². The summed E-state index contributed by atoms with van der Waals surface area (Å²) in [6.07, 6.45) is 3.89. The summed E-state index contributed by atoms with van der Waals surface area (Å²) in [4.78, 5) is 21.0. The molecule has 0 bridgehead atoms. The van der Waals surface area contributed by atoms with Crippen molar-refractivity contribution in [2.45, 2.75) is 25.9 Å². The molecule has 1 N–H and O–H groups in total.